The molecule has 0 bridgehead atoms. The number of benzene rings is 1. The van der Waals surface area contributed by atoms with Crippen LogP contribution in [0, 0.1) is 0 Å². The van der Waals surface area contributed by atoms with Crippen molar-refractivity contribution in [3.05, 3.63) is 29.8 Å². The fourth-order valence-corrected chi connectivity index (χ4v) is 4.16. The zero-order chi connectivity index (χ0) is 17.0. The van der Waals surface area contributed by atoms with Gasteiger partial charge in [0.2, 0.25) is 0 Å². The molecule has 0 radical (unpaired) electrons. The van der Waals surface area contributed by atoms with Crippen LogP contribution in [0.5, 0.6) is 0 Å². The summed E-state index contributed by atoms with van der Waals surface area (Å²) in [6.45, 7) is 7.65. The van der Waals surface area contributed by atoms with Gasteiger partial charge in [0, 0.05) is 31.9 Å². The number of hydrogen-bond donors (Lipinski definition) is 2. The lowest BCUT2D eigenvalue weighted by molar-refractivity contribution is -0.00527. The Hall–Kier alpha value is -1.10. The van der Waals surface area contributed by atoms with Crippen LogP contribution < -0.4 is 10.2 Å². The van der Waals surface area contributed by atoms with E-state index in [0.29, 0.717) is 6.54 Å². The minimum Gasteiger partial charge on any atom is -0.389 e. The molecule has 1 aliphatic carbocycles. The molecule has 0 aromatic heterocycles. The predicted octanol–water partition coefficient (Wildman–Crippen LogP) is 3.09. The van der Waals surface area contributed by atoms with Gasteiger partial charge in [-0.1, -0.05) is 37.5 Å². The molecule has 0 amide bonds. The van der Waals surface area contributed by atoms with E-state index in [4.69, 9.17) is 4.74 Å². The molecule has 4 nitrogen and oxygen atoms in total. The lowest BCUT2D eigenvalue weighted by atomic mass is 9.85. The Morgan fingerprint density at radius 1 is 1.12 bits per heavy atom. The van der Waals surface area contributed by atoms with E-state index in [1.54, 1.807) is 0 Å². The molecule has 1 saturated carbocycles. The van der Waals surface area contributed by atoms with Gasteiger partial charge in [-0.05, 0) is 38.3 Å². The first-order valence-electron chi connectivity index (χ1n) is 9.47. The number of ether oxygens (including phenoxy) is 1. The van der Waals surface area contributed by atoms with Gasteiger partial charge < -0.3 is 20.1 Å². The highest BCUT2D eigenvalue weighted by atomic mass is 16.5. The molecule has 1 heterocycles. The number of para-hydroxylation sites is 1. The fourth-order valence-electron chi connectivity index (χ4n) is 4.16. The summed E-state index contributed by atoms with van der Waals surface area (Å²) in [4.78, 5) is 2.44. The van der Waals surface area contributed by atoms with Crippen molar-refractivity contribution in [1.29, 1.82) is 0 Å². The average Bonchev–Trinajstić information content (AvgIpc) is 2.55. The van der Waals surface area contributed by atoms with Gasteiger partial charge in [0.1, 0.15) is 0 Å². The van der Waals surface area contributed by atoms with E-state index in [0.717, 1.165) is 45.3 Å². The smallest absolute Gasteiger partial charge is 0.0771 e. The molecule has 3 rings (SSSR count). The summed E-state index contributed by atoms with van der Waals surface area (Å²) in [5, 5.41) is 14.2. The molecule has 24 heavy (non-hydrogen) atoms. The Kier molecular flexibility index (Phi) is 5.80. The van der Waals surface area contributed by atoms with E-state index in [-0.39, 0.29) is 12.2 Å². The molecule has 2 atom stereocenters. The van der Waals surface area contributed by atoms with E-state index >= 15 is 0 Å². The van der Waals surface area contributed by atoms with Crippen LogP contribution in [0.1, 0.15) is 51.5 Å². The summed E-state index contributed by atoms with van der Waals surface area (Å²) in [6, 6.07) is 8.61. The first-order chi connectivity index (χ1) is 11.6. The quantitative estimate of drug-likeness (QED) is 0.870. The highest BCUT2D eigenvalue weighted by molar-refractivity contribution is 5.54. The van der Waals surface area contributed by atoms with Crippen LogP contribution in [-0.4, -0.2) is 42.5 Å². The topological polar surface area (TPSA) is 44.7 Å². The maximum absolute atomic E-state index is 10.6. The molecular weight excluding hydrogens is 300 g/mol. The minimum absolute atomic E-state index is 0.262. The zero-order valence-corrected chi connectivity index (χ0v) is 15.1. The van der Waals surface area contributed by atoms with Gasteiger partial charge >= 0.3 is 0 Å². The van der Waals surface area contributed by atoms with E-state index in [9.17, 15) is 5.11 Å². The lowest BCUT2D eigenvalue weighted by Crippen LogP contribution is -2.46. The first kappa shape index (κ1) is 17.7. The van der Waals surface area contributed by atoms with Crippen molar-refractivity contribution in [3.63, 3.8) is 0 Å². The van der Waals surface area contributed by atoms with Gasteiger partial charge in [0.25, 0.3) is 0 Å². The molecule has 2 aliphatic rings. The second kappa shape index (κ2) is 7.85. The monoisotopic (exact) mass is 332 g/mol. The number of aliphatic hydroxyl groups is 1. The van der Waals surface area contributed by atoms with Crippen LogP contribution >= 0.6 is 0 Å². The maximum Gasteiger partial charge on any atom is 0.0771 e. The van der Waals surface area contributed by atoms with Crippen molar-refractivity contribution < 1.29 is 9.84 Å². The molecule has 2 N–H and O–H groups in total. The molecule has 0 spiro atoms. The van der Waals surface area contributed by atoms with Crippen molar-refractivity contribution in [3.8, 4) is 0 Å². The predicted molar refractivity (Wildman–Crippen MR) is 98.4 cm³/mol. The highest BCUT2D eigenvalue weighted by Gasteiger charge is 2.29. The van der Waals surface area contributed by atoms with Crippen molar-refractivity contribution in [2.24, 2.45) is 0 Å². The molecule has 2 fully saturated rings. The summed E-state index contributed by atoms with van der Waals surface area (Å²) in [6.07, 6.45) is 5.95. The number of anilines is 1. The van der Waals surface area contributed by atoms with Crippen molar-refractivity contribution in [2.45, 2.75) is 70.3 Å². The first-order valence-corrected chi connectivity index (χ1v) is 9.47. The van der Waals surface area contributed by atoms with Gasteiger partial charge in [-0.3, -0.25) is 0 Å². The van der Waals surface area contributed by atoms with Gasteiger partial charge in [0.15, 0.2) is 0 Å². The van der Waals surface area contributed by atoms with E-state index < -0.39 is 5.60 Å². The molecular formula is C20H32N2O2. The van der Waals surface area contributed by atoms with E-state index in [1.165, 1.54) is 17.7 Å². The Balaban J connectivity index is 1.61. The van der Waals surface area contributed by atoms with Gasteiger partial charge in [-0.2, -0.15) is 0 Å². The number of rotatable bonds is 5. The summed E-state index contributed by atoms with van der Waals surface area (Å²) in [5.74, 6) is 0. The molecule has 1 saturated heterocycles. The zero-order valence-electron chi connectivity index (χ0n) is 15.1. The van der Waals surface area contributed by atoms with Crippen molar-refractivity contribution in [1.82, 2.24) is 5.32 Å². The summed E-state index contributed by atoms with van der Waals surface area (Å²) < 4.78 is 5.86. The summed E-state index contributed by atoms with van der Waals surface area (Å²) in [7, 11) is 0. The van der Waals surface area contributed by atoms with Crippen molar-refractivity contribution in [2.75, 3.05) is 24.5 Å². The second-order valence-corrected chi connectivity index (χ2v) is 7.68. The minimum atomic E-state index is -0.505. The Morgan fingerprint density at radius 3 is 2.50 bits per heavy atom. The van der Waals surface area contributed by atoms with Crippen LogP contribution in [-0.2, 0) is 11.3 Å². The third-order valence-corrected chi connectivity index (χ3v) is 5.31. The third kappa shape index (κ3) is 4.50. The summed E-state index contributed by atoms with van der Waals surface area (Å²) >= 11 is 0. The SMILES string of the molecule is CC1CN(c2ccccc2CNCC2(O)CCCCC2)CC(C)O1. The number of nitrogens with zero attached hydrogens (tertiary/aromatic N) is 1. The number of morpholine rings is 1. The van der Waals surface area contributed by atoms with Crippen LogP contribution in [0.4, 0.5) is 5.69 Å². The summed E-state index contributed by atoms with van der Waals surface area (Å²) in [5.41, 5.74) is 2.09. The second-order valence-electron chi connectivity index (χ2n) is 7.68. The Bertz CT molecular complexity index is 518. The molecule has 1 aromatic rings. The van der Waals surface area contributed by atoms with Gasteiger partial charge in [-0.25, -0.2) is 0 Å². The molecule has 1 aliphatic heterocycles. The lowest BCUT2D eigenvalue weighted by Gasteiger charge is -2.38. The normalized spacial score (nSPS) is 27.2. The van der Waals surface area contributed by atoms with Crippen molar-refractivity contribution >= 4 is 5.69 Å². The largest absolute Gasteiger partial charge is 0.389 e. The fraction of sp³-hybridized carbons (Fsp3) is 0.700. The Morgan fingerprint density at radius 2 is 1.79 bits per heavy atom. The Labute approximate surface area is 146 Å². The van der Waals surface area contributed by atoms with Crippen LogP contribution in [0.2, 0.25) is 0 Å². The van der Waals surface area contributed by atoms with Crippen LogP contribution in [0.15, 0.2) is 24.3 Å². The number of nitrogens with one attached hydrogen (secondary N) is 1. The number of hydrogen-bond acceptors (Lipinski definition) is 4. The van der Waals surface area contributed by atoms with Gasteiger partial charge in [0.05, 0.1) is 17.8 Å². The maximum atomic E-state index is 10.6. The van der Waals surface area contributed by atoms with Crippen LogP contribution in [0.25, 0.3) is 0 Å². The van der Waals surface area contributed by atoms with E-state index in [2.05, 4.69) is 48.3 Å². The average molecular weight is 332 g/mol. The van der Waals surface area contributed by atoms with Crippen LogP contribution in [0.3, 0.4) is 0 Å². The molecule has 4 heteroatoms. The third-order valence-electron chi connectivity index (χ3n) is 5.31. The highest BCUT2D eigenvalue weighted by Crippen LogP contribution is 2.28. The molecule has 2 unspecified atom stereocenters. The standard InChI is InChI=1S/C20H32N2O2/c1-16-13-22(14-17(2)24-16)19-9-5-4-8-18(19)12-21-15-20(23)10-6-3-7-11-20/h4-5,8-9,16-17,21,23H,3,6-7,10-15H2,1-2H3. The molecule has 134 valence electrons. The van der Waals surface area contributed by atoms with E-state index in [1.807, 2.05) is 0 Å². The molecule has 1 aromatic carbocycles. The van der Waals surface area contributed by atoms with Gasteiger partial charge in [-0.15, -0.1) is 0 Å².